The number of benzene rings is 2. The van der Waals surface area contributed by atoms with Crippen LogP contribution in [0.25, 0.3) is 11.3 Å². The summed E-state index contributed by atoms with van der Waals surface area (Å²) < 4.78 is 25.2. The number of hydrogen-bond donors (Lipinski definition) is 1. The number of aryl methyl sites for hydroxylation is 1. The van der Waals surface area contributed by atoms with Crippen LogP contribution in [0.3, 0.4) is 0 Å². The van der Waals surface area contributed by atoms with E-state index in [2.05, 4.69) is 10.4 Å². The number of aromatic nitrogens is 2. The molecular weight excluding hydrogens is 361 g/mol. The lowest BCUT2D eigenvalue weighted by atomic mass is 10.1. The second-order valence-corrected chi connectivity index (χ2v) is 6.24. The third-order valence-corrected chi connectivity index (χ3v) is 4.40. The lowest BCUT2D eigenvalue weighted by Crippen LogP contribution is -2.26. The van der Waals surface area contributed by atoms with Gasteiger partial charge < -0.3 is 14.8 Å². The molecule has 0 radical (unpaired) electrons. The monoisotopic (exact) mass is 383 g/mol. The molecule has 2 aromatic carbocycles. The van der Waals surface area contributed by atoms with E-state index in [4.69, 9.17) is 9.47 Å². The maximum atomic E-state index is 13.1. The maximum Gasteiger partial charge on any atom is 0.271 e. The summed E-state index contributed by atoms with van der Waals surface area (Å²) in [5.41, 5.74) is 2.87. The Morgan fingerprint density at radius 3 is 2.46 bits per heavy atom. The number of carbonyl (C=O) groups is 1. The lowest BCUT2D eigenvalue weighted by Gasteiger charge is -2.09. The van der Waals surface area contributed by atoms with Crippen molar-refractivity contribution in [3.63, 3.8) is 0 Å². The Hall–Kier alpha value is -3.35. The Labute approximate surface area is 162 Å². The quantitative estimate of drug-likeness (QED) is 0.680. The van der Waals surface area contributed by atoms with Gasteiger partial charge in [-0.15, -0.1) is 0 Å². The largest absolute Gasteiger partial charge is 0.493 e. The van der Waals surface area contributed by atoms with E-state index in [1.165, 1.54) is 12.1 Å². The molecule has 0 fully saturated rings. The molecule has 6 nitrogen and oxygen atoms in total. The zero-order chi connectivity index (χ0) is 20.1. The minimum absolute atomic E-state index is 0.260. The molecule has 146 valence electrons. The zero-order valence-electron chi connectivity index (χ0n) is 16.0. The van der Waals surface area contributed by atoms with Crippen LogP contribution in [0.1, 0.15) is 16.1 Å². The van der Waals surface area contributed by atoms with Crippen molar-refractivity contribution in [1.82, 2.24) is 15.1 Å². The number of nitrogens with zero attached hydrogens (tertiary/aromatic N) is 2. The predicted molar refractivity (Wildman–Crippen MR) is 104 cm³/mol. The minimum Gasteiger partial charge on any atom is -0.493 e. The van der Waals surface area contributed by atoms with Gasteiger partial charge in [-0.25, -0.2) is 4.39 Å². The molecule has 0 aliphatic rings. The van der Waals surface area contributed by atoms with Crippen LogP contribution < -0.4 is 14.8 Å². The third-order valence-electron chi connectivity index (χ3n) is 4.40. The Balaban J connectivity index is 1.63. The first kappa shape index (κ1) is 19.4. The summed E-state index contributed by atoms with van der Waals surface area (Å²) in [7, 11) is 4.92. The van der Waals surface area contributed by atoms with E-state index in [1.807, 2.05) is 18.2 Å². The lowest BCUT2D eigenvalue weighted by molar-refractivity contribution is 0.0948. The van der Waals surface area contributed by atoms with Gasteiger partial charge in [0.2, 0.25) is 0 Å². The second kappa shape index (κ2) is 8.56. The van der Waals surface area contributed by atoms with Crippen molar-refractivity contribution >= 4 is 5.91 Å². The van der Waals surface area contributed by atoms with Gasteiger partial charge in [-0.3, -0.25) is 9.48 Å². The van der Waals surface area contributed by atoms with Crippen molar-refractivity contribution in [3.05, 3.63) is 65.6 Å². The highest BCUT2D eigenvalue weighted by Crippen LogP contribution is 2.27. The average molecular weight is 383 g/mol. The van der Waals surface area contributed by atoms with Crippen molar-refractivity contribution in [3.8, 4) is 22.8 Å². The number of carbonyl (C=O) groups excluding carboxylic acids is 1. The molecule has 1 amide bonds. The van der Waals surface area contributed by atoms with E-state index in [0.717, 1.165) is 16.8 Å². The minimum atomic E-state index is -0.306. The van der Waals surface area contributed by atoms with Gasteiger partial charge in [0.1, 0.15) is 5.82 Å². The molecule has 0 saturated heterocycles. The van der Waals surface area contributed by atoms with Crippen LogP contribution in [0.4, 0.5) is 4.39 Å². The fourth-order valence-electron chi connectivity index (χ4n) is 2.92. The molecule has 0 atom stereocenters. The van der Waals surface area contributed by atoms with E-state index < -0.39 is 0 Å². The Kier molecular flexibility index (Phi) is 5.93. The van der Waals surface area contributed by atoms with Gasteiger partial charge >= 0.3 is 0 Å². The number of nitrogens with one attached hydrogen (secondary N) is 1. The van der Waals surface area contributed by atoms with Crippen LogP contribution in [0.2, 0.25) is 0 Å². The summed E-state index contributed by atoms with van der Waals surface area (Å²) >= 11 is 0. The van der Waals surface area contributed by atoms with E-state index in [-0.39, 0.29) is 11.7 Å². The first-order valence-corrected chi connectivity index (χ1v) is 8.81. The Bertz CT molecular complexity index is 968. The fraction of sp³-hybridized carbons (Fsp3) is 0.238. The summed E-state index contributed by atoms with van der Waals surface area (Å²) in [6.07, 6.45) is 0.643. The molecule has 0 aliphatic carbocycles. The van der Waals surface area contributed by atoms with Gasteiger partial charge in [-0.05, 0) is 60.0 Å². The molecule has 1 heterocycles. The van der Waals surface area contributed by atoms with Crippen LogP contribution >= 0.6 is 0 Å². The Morgan fingerprint density at radius 1 is 1.07 bits per heavy atom. The number of halogens is 1. The number of amides is 1. The van der Waals surface area contributed by atoms with E-state index in [0.29, 0.717) is 30.2 Å². The van der Waals surface area contributed by atoms with E-state index in [9.17, 15) is 9.18 Å². The molecule has 0 unspecified atom stereocenters. The van der Waals surface area contributed by atoms with Crippen molar-refractivity contribution in [2.24, 2.45) is 7.05 Å². The molecule has 7 heteroatoms. The van der Waals surface area contributed by atoms with Gasteiger partial charge in [0, 0.05) is 13.6 Å². The molecule has 28 heavy (non-hydrogen) atoms. The highest BCUT2D eigenvalue weighted by Gasteiger charge is 2.14. The van der Waals surface area contributed by atoms with Gasteiger partial charge in [-0.2, -0.15) is 5.10 Å². The zero-order valence-corrected chi connectivity index (χ0v) is 16.0. The molecule has 1 N–H and O–H groups in total. The van der Waals surface area contributed by atoms with Crippen LogP contribution in [-0.4, -0.2) is 36.5 Å². The van der Waals surface area contributed by atoms with Crippen LogP contribution in [0, 0.1) is 5.82 Å². The summed E-state index contributed by atoms with van der Waals surface area (Å²) in [4.78, 5) is 12.4. The van der Waals surface area contributed by atoms with Crippen molar-refractivity contribution in [2.75, 3.05) is 20.8 Å². The summed E-state index contributed by atoms with van der Waals surface area (Å²) in [5, 5.41) is 7.13. The number of hydrogen-bond acceptors (Lipinski definition) is 4. The maximum absolute atomic E-state index is 13.1. The second-order valence-electron chi connectivity index (χ2n) is 6.24. The van der Waals surface area contributed by atoms with Crippen LogP contribution in [-0.2, 0) is 13.5 Å². The van der Waals surface area contributed by atoms with Crippen LogP contribution in [0.15, 0.2) is 48.5 Å². The fourth-order valence-corrected chi connectivity index (χ4v) is 2.92. The molecule has 0 spiro atoms. The highest BCUT2D eigenvalue weighted by atomic mass is 19.1. The molecule has 0 bridgehead atoms. The topological polar surface area (TPSA) is 65.4 Å². The molecule has 3 rings (SSSR count). The first-order valence-electron chi connectivity index (χ1n) is 8.81. The Morgan fingerprint density at radius 2 is 1.79 bits per heavy atom. The SMILES string of the molecule is COc1ccc(CCNC(=O)c2cc(-c3ccc(F)cc3)n(C)n2)cc1OC. The van der Waals surface area contributed by atoms with Crippen molar-refractivity contribution in [1.29, 1.82) is 0 Å². The molecular formula is C21H22FN3O3. The molecule has 0 saturated carbocycles. The average Bonchev–Trinajstić information content (AvgIpc) is 3.10. The van der Waals surface area contributed by atoms with Gasteiger partial charge in [0.15, 0.2) is 17.2 Å². The van der Waals surface area contributed by atoms with Crippen LogP contribution in [0.5, 0.6) is 11.5 Å². The molecule has 0 aliphatic heterocycles. The molecule has 1 aromatic heterocycles. The van der Waals surface area contributed by atoms with Gasteiger partial charge in [0.05, 0.1) is 19.9 Å². The molecule has 3 aromatic rings. The van der Waals surface area contributed by atoms with E-state index >= 15 is 0 Å². The van der Waals surface area contributed by atoms with Gasteiger partial charge in [0.25, 0.3) is 5.91 Å². The standard InChI is InChI=1S/C21H22FN3O3/c1-25-18(15-5-7-16(22)8-6-15)13-17(24-25)21(26)23-11-10-14-4-9-19(27-2)20(12-14)28-3/h4-9,12-13H,10-11H2,1-3H3,(H,23,26). The summed E-state index contributed by atoms with van der Waals surface area (Å²) in [6, 6.07) is 13.4. The third kappa shape index (κ3) is 4.31. The normalized spacial score (nSPS) is 10.6. The summed E-state index contributed by atoms with van der Waals surface area (Å²) in [6.45, 7) is 0.455. The predicted octanol–water partition coefficient (Wildman–Crippen LogP) is 3.22. The number of ether oxygens (including phenoxy) is 2. The smallest absolute Gasteiger partial charge is 0.271 e. The summed E-state index contributed by atoms with van der Waals surface area (Å²) in [5.74, 6) is 0.751. The first-order chi connectivity index (χ1) is 13.5. The van der Waals surface area contributed by atoms with Gasteiger partial charge in [-0.1, -0.05) is 6.07 Å². The highest BCUT2D eigenvalue weighted by molar-refractivity contribution is 5.93. The van der Waals surface area contributed by atoms with E-state index in [1.54, 1.807) is 44.1 Å². The van der Waals surface area contributed by atoms with Crippen molar-refractivity contribution in [2.45, 2.75) is 6.42 Å². The number of rotatable bonds is 7. The number of methoxy groups -OCH3 is 2. The van der Waals surface area contributed by atoms with Crippen molar-refractivity contribution < 1.29 is 18.7 Å².